The van der Waals surface area contributed by atoms with Crippen LogP contribution in [-0.4, -0.2) is 53.8 Å². The van der Waals surface area contributed by atoms with Crippen LogP contribution >= 0.6 is 11.8 Å². The molecule has 3 heterocycles. The lowest BCUT2D eigenvalue weighted by molar-refractivity contribution is -0.108. The van der Waals surface area contributed by atoms with E-state index in [2.05, 4.69) is 16.7 Å². The lowest BCUT2D eigenvalue weighted by atomic mass is 9.85. The van der Waals surface area contributed by atoms with Gasteiger partial charge in [0, 0.05) is 31.8 Å². The summed E-state index contributed by atoms with van der Waals surface area (Å²) < 4.78 is 6.15. The van der Waals surface area contributed by atoms with E-state index in [1.807, 2.05) is 0 Å². The fraction of sp³-hybridized carbons (Fsp3) is 1.00. The van der Waals surface area contributed by atoms with Gasteiger partial charge >= 0.3 is 0 Å². The number of hydrogen-bond acceptors (Lipinski definition) is 4. The zero-order valence-electron chi connectivity index (χ0n) is 10.6. The van der Waals surface area contributed by atoms with Crippen LogP contribution in [-0.2, 0) is 4.74 Å². The van der Waals surface area contributed by atoms with E-state index in [0.717, 1.165) is 19.2 Å². The van der Waals surface area contributed by atoms with Crippen molar-refractivity contribution in [1.29, 1.82) is 0 Å². The molecular weight excluding hydrogens is 232 g/mol. The molecule has 3 saturated heterocycles. The minimum atomic E-state index is 0.223. The molecule has 0 aliphatic carbocycles. The fourth-order valence-corrected chi connectivity index (χ4v) is 4.79. The van der Waals surface area contributed by atoms with Crippen LogP contribution in [0.2, 0.25) is 0 Å². The maximum absolute atomic E-state index is 6.15. The molecule has 17 heavy (non-hydrogen) atoms. The van der Waals surface area contributed by atoms with Gasteiger partial charge in [-0.15, -0.1) is 0 Å². The number of hydrogen-bond donors (Lipinski definition) is 1. The van der Waals surface area contributed by atoms with E-state index in [0.29, 0.717) is 6.04 Å². The normalized spacial score (nSPS) is 38.6. The predicted molar refractivity (Wildman–Crippen MR) is 72.4 cm³/mol. The summed E-state index contributed by atoms with van der Waals surface area (Å²) in [6.07, 6.45) is 6.16. The van der Waals surface area contributed by atoms with Gasteiger partial charge in [-0.05, 0) is 43.6 Å². The van der Waals surface area contributed by atoms with Gasteiger partial charge in [0.1, 0.15) is 0 Å². The lowest BCUT2D eigenvalue weighted by Crippen LogP contribution is -2.50. The fourth-order valence-electron chi connectivity index (χ4n) is 3.55. The van der Waals surface area contributed by atoms with E-state index in [1.54, 1.807) is 0 Å². The Morgan fingerprint density at radius 1 is 1.24 bits per heavy atom. The highest BCUT2D eigenvalue weighted by Gasteiger charge is 2.41. The van der Waals surface area contributed by atoms with Crippen molar-refractivity contribution < 1.29 is 4.74 Å². The largest absolute Gasteiger partial charge is 0.375 e. The van der Waals surface area contributed by atoms with Crippen LogP contribution in [0, 0.1) is 0 Å². The number of nitrogens with two attached hydrogens (primary N) is 1. The molecule has 0 aromatic heterocycles. The first kappa shape index (κ1) is 12.3. The zero-order chi connectivity index (χ0) is 11.7. The van der Waals surface area contributed by atoms with Crippen LogP contribution in [0.25, 0.3) is 0 Å². The summed E-state index contributed by atoms with van der Waals surface area (Å²) in [5.41, 5.74) is 6.25. The van der Waals surface area contributed by atoms with Crippen LogP contribution in [0.5, 0.6) is 0 Å². The molecule has 3 rings (SSSR count). The monoisotopic (exact) mass is 256 g/mol. The molecule has 0 radical (unpaired) electrons. The summed E-state index contributed by atoms with van der Waals surface area (Å²) >= 11 is 2.08. The molecule has 4 heteroatoms. The average Bonchev–Trinajstić information content (AvgIpc) is 2.77. The van der Waals surface area contributed by atoms with Crippen molar-refractivity contribution in [2.45, 2.75) is 49.8 Å². The highest BCUT2D eigenvalue weighted by molar-refractivity contribution is 7.99. The molecule has 2 atom stereocenters. The molecule has 0 bridgehead atoms. The molecule has 3 fully saturated rings. The second-order valence-corrected chi connectivity index (χ2v) is 7.06. The average molecular weight is 256 g/mol. The van der Waals surface area contributed by atoms with E-state index < -0.39 is 0 Å². The van der Waals surface area contributed by atoms with Crippen LogP contribution in [0.1, 0.15) is 32.1 Å². The second kappa shape index (κ2) is 5.08. The predicted octanol–water partition coefficient (Wildman–Crippen LogP) is 1.46. The first-order valence-corrected chi connectivity index (χ1v) is 8.14. The molecule has 3 aliphatic heterocycles. The Hall–Kier alpha value is 0.230. The molecule has 0 amide bonds. The Kier molecular flexibility index (Phi) is 3.67. The van der Waals surface area contributed by atoms with E-state index in [1.165, 1.54) is 50.2 Å². The van der Waals surface area contributed by atoms with Gasteiger partial charge in [0.05, 0.1) is 5.60 Å². The van der Waals surface area contributed by atoms with Gasteiger partial charge < -0.3 is 10.5 Å². The Morgan fingerprint density at radius 2 is 2.06 bits per heavy atom. The van der Waals surface area contributed by atoms with Crippen LogP contribution in [0.4, 0.5) is 0 Å². The smallest absolute Gasteiger partial charge is 0.0713 e. The van der Waals surface area contributed by atoms with Crippen molar-refractivity contribution in [1.82, 2.24) is 4.90 Å². The van der Waals surface area contributed by atoms with E-state index >= 15 is 0 Å². The molecule has 0 aromatic rings. The molecule has 2 N–H and O–H groups in total. The molecular formula is C13H24N2OS. The van der Waals surface area contributed by atoms with Gasteiger partial charge in [-0.25, -0.2) is 0 Å². The van der Waals surface area contributed by atoms with Crippen molar-refractivity contribution >= 4 is 11.8 Å². The van der Waals surface area contributed by atoms with Crippen molar-refractivity contribution in [3.8, 4) is 0 Å². The molecule has 1 spiro atoms. The summed E-state index contributed by atoms with van der Waals surface area (Å²) in [5.74, 6) is 2.57. The lowest BCUT2D eigenvalue weighted by Gasteiger charge is -2.45. The first-order chi connectivity index (χ1) is 8.27. The maximum Gasteiger partial charge on any atom is 0.0713 e. The summed E-state index contributed by atoms with van der Waals surface area (Å²) in [4.78, 5) is 2.62. The van der Waals surface area contributed by atoms with Crippen LogP contribution in [0.15, 0.2) is 0 Å². The Morgan fingerprint density at radius 3 is 2.76 bits per heavy atom. The molecule has 98 valence electrons. The van der Waals surface area contributed by atoms with Gasteiger partial charge in [-0.3, -0.25) is 4.90 Å². The Balaban J connectivity index is 1.62. The molecule has 1 unspecified atom stereocenters. The van der Waals surface area contributed by atoms with Crippen molar-refractivity contribution in [3.05, 3.63) is 0 Å². The second-order valence-electron chi connectivity index (χ2n) is 5.83. The topological polar surface area (TPSA) is 38.5 Å². The van der Waals surface area contributed by atoms with Crippen LogP contribution < -0.4 is 5.73 Å². The standard InChI is InChI=1S/C13H24N2OS/c14-11-1-5-15(10-11)12-2-6-16-13(9-12)3-7-17-8-4-13/h11-12H,1-10,14H2/t11-,12?/m0/s1. The van der Waals surface area contributed by atoms with Crippen LogP contribution in [0.3, 0.4) is 0 Å². The third kappa shape index (κ3) is 2.65. The number of rotatable bonds is 1. The SMILES string of the molecule is N[C@H]1CCN(C2CCOC3(CCSCC3)C2)C1. The van der Waals surface area contributed by atoms with Crippen molar-refractivity contribution in [2.24, 2.45) is 5.73 Å². The summed E-state index contributed by atoms with van der Waals surface area (Å²) in [7, 11) is 0. The van der Waals surface area contributed by atoms with Gasteiger partial charge in [0.15, 0.2) is 0 Å². The molecule has 3 aliphatic rings. The Labute approximate surface area is 108 Å². The minimum absolute atomic E-state index is 0.223. The summed E-state index contributed by atoms with van der Waals surface area (Å²) in [6.45, 7) is 3.27. The summed E-state index contributed by atoms with van der Waals surface area (Å²) in [6, 6.07) is 1.15. The third-order valence-electron chi connectivity index (χ3n) is 4.64. The maximum atomic E-state index is 6.15. The van der Waals surface area contributed by atoms with E-state index in [-0.39, 0.29) is 5.60 Å². The molecule has 0 saturated carbocycles. The highest BCUT2D eigenvalue weighted by atomic mass is 32.2. The first-order valence-electron chi connectivity index (χ1n) is 6.99. The summed E-state index contributed by atoms with van der Waals surface area (Å²) in [5, 5.41) is 0. The van der Waals surface area contributed by atoms with E-state index in [4.69, 9.17) is 10.5 Å². The third-order valence-corrected chi connectivity index (χ3v) is 5.63. The number of nitrogens with zero attached hydrogens (tertiary/aromatic N) is 1. The highest BCUT2D eigenvalue weighted by Crippen LogP contribution is 2.39. The zero-order valence-corrected chi connectivity index (χ0v) is 11.4. The number of thioether (sulfide) groups is 1. The van der Waals surface area contributed by atoms with Crippen molar-refractivity contribution in [2.75, 3.05) is 31.2 Å². The van der Waals surface area contributed by atoms with Gasteiger partial charge in [0.25, 0.3) is 0 Å². The quantitative estimate of drug-likeness (QED) is 0.771. The van der Waals surface area contributed by atoms with E-state index in [9.17, 15) is 0 Å². The van der Waals surface area contributed by atoms with Gasteiger partial charge in [-0.1, -0.05) is 0 Å². The Bertz CT molecular complexity index is 263. The number of ether oxygens (including phenoxy) is 1. The molecule has 0 aromatic carbocycles. The van der Waals surface area contributed by atoms with Gasteiger partial charge in [-0.2, -0.15) is 11.8 Å². The molecule has 3 nitrogen and oxygen atoms in total. The minimum Gasteiger partial charge on any atom is -0.375 e. The van der Waals surface area contributed by atoms with Gasteiger partial charge in [0.2, 0.25) is 0 Å². The number of likely N-dealkylation sites (tertiary alicyclic amines) is 1. The van der Waals surface area contributed by atoms with Crippen molar-refractivity contribution in [3.63, 3.8) is 0 Å².